The van der Waals surface area contributed by atoms with Gasteiger partial charge in [-0.05, 0) is 109 Å². The second kappa shape index (κ2) is 14.2. The Morgan fingerprint density at radius 1 is 0.667 bits per heavy atom. The number of methoxy groups -OCH3 is 1. The van der Waals surface area contributed by atoms with Crippen LogP contribution in [0, 0.1) is 10.8 Å². The molecule has 0 atom stereocenters. The SMILES string of the molecule is CCOc1c(C=CC(=O)c2ccc(OC(=O)C(C)(C)C)cc2)c(OC)c(C(C)(C)CC)c(OC(=O)C(C)(C)C)c1C(C)(C)CC. The van der Waals surface area contributed by atoms with Gasteiger partial charge in [-0.1, -0.05) is 41.5 Å². The van der Waals surface area contributed by atoms with E-state index in [1.807, 2.05) is 27.7 Å². The van der Waals surface area contributed by atoms with E-state index in [0.717, 1.165) is 24.0 Å². The molecular formula is C38H54O7. The molecule has 0 aliphatic carbocycles. The summed E-state index contributed by atoms with van der Waals surface area (Å²) in [7, 11) is 1.58. The molecule has 0 fully saturated rings. The third-order valence-electron chi connectivity index (χ3n) is 8.18. The number of carbonyl (C=O) groups excluding carboxylic acids is 3. The first-order chi connectivity index (χ1) is 20.7. The third-order valence-corrected chi connectivity index (χ3v) is 8.18. The third kappa shape index (κ3) is 8.77. The van der Waals surface area contributed by atoms with E-state index in [9.17, 15) is 14.4 Å². The van der Waals surface area contributed by atoms with Gasteiger partial charge in [-0.15, -0.1) is 0 Å². The van der Waals surface area contributed by atoms with E-state index in [1.54, 1.807) is 58.2 Å². The number of benzene rings is 2. The Hall–Kier alpha value is -3.61. The molecule has 0 aromatic heterocycles. The van der Waals surface area contributed by atoms with Crippen LogP contribution in [0.25, 0.3) is 6.08 Å². The van der Waals surface area contributed by atoms with Gasteiger partial charge in [0.15, 0.2) is 5.78 Å². The Kier molecular flexibility index (Phi) is 11.9. The first-order valence-electron chi connectivity index (χ1n) is 15.8. The van der Waals surface area contributed by atoms with Gasteiger partial charge in [0.1, 0.15) is 23.0 Å². The summed E-state index contributed by atoms with van der Waals surface area (Å²) >= 11 is 0. The monoisotopic (exact) mass is 622 g/mol. The van der Waals surface area contributed by atoms with E-state index in [0.29, 0.717) is 40.7 Å². The molecule has 2 aromatic rings. The predicted molar refractivity (Wildman–Crippen MR) is 181 cm³/mol. The number of carbonyl (C=O) groups is 3. The standard InChI is InChI=1S/C38H54O7/c1-15-37(10,11)28-30(42-14)26(22-23-27(39)24-18-20-25(21-19-24)44-33(40)35(4,5)6)31(43-17-3)29(38(12,13)16-2)32(28)45-34(41)36(7,8)9/h18-23H,15-17H2,1-14H3. The Morgan fingerprint density at radius 2 is 1.13 bits per heavy atom. The molecular weight excluding hydrogens is 568 g/mol. The number of ketones is 1. The fourth-order valence-electron chi connectivity index (χ4n) is 4.49. The van der Waals surface area contributed by atoms with Crippen LogP contribution in [0.2, 0.25) is 0 Å². The van der Waals surface area contributed by atoms with Crippen molar-refractivity contribution in [2.45, 2.75) is 114 Å². The summed E-state index contributed by atoms with van der Waals surface area (Å²) in [5.74, 6) is 0.873. The van der Waals surface area contributed by atoms with Crippen molar-refractivity contribution >= 4 is 23.8 Å². The molecule has 0 N–H and O–H groups in total. The smallest absolute Gasteiger partial charge is 0.316 e. The highest BCUT2D eigenvalue weighted by Gasteiger charge is 2.40. The van der Waals surface area contributed by atoms with E-state index < -0.39 is 21.7 Å². The molecule has 0 amide bonds. The van der Waals surface area contributed by atoms with E-state index in [-0.39, 0.29) is 17.7 Å². The van der Waals surface area contributed by atoms with Crippen LogP contribution < -0.4 is 18.9 Å². The van der Waals surface area contributed by atoms with Crippen molar-refractivity contribution in [3.8, 4) is 23.0 Å². The van der Waals surface area contributed by atoms with Crippen LogP contribution in [-0.2, 0) is 20.4 Å². The van der Waals surface area contributed by atoms with Crippen LogP contribution in [0.1, 0.15) is 130 Å². The molecule has 0 aliphatic heterocycles. The van der Waals surface area contributed by atoms with Crippen molar-refractivity contribution in [1.29, 1.82) is 0 Å². The average molecular weight is 623 g/mol. The lowest BCUT2D eigenvalue weighted by atomic mass is 9.73. The molecule has 0 heterocycles. The summed E-state index contributed by atoms with van der Waals surface area (Å²) in [4.78, 5) is 39.1. The normalized spacial score (nSPS) is 12.7. The maximum Gasteiger partial charge on any atom is 0.316 e. The quantitative estimate of drug-likeness (QED) is 0.101. The van der Waals surface area contributed by atoms with Crippen LogP contribution in [0.4, 0.5) is 0 Å². The van der Waals surface area contributed by atoms with Crippen LogP contribution in [0.15, 0.2) is 30.3 Å². The number of rotatable bonds is 12. The lowest BCUT2D eigenvalue weighted by Gasteiger charge is -2.36. The second-order valence-corrected chi connectivity index (χ2v) is 14.8. The summed E-state index contributed by atoms with van der Waals surface area (Å²) in [5.41, 5.74) is 0.230. The van der Waals surface area contributed by atoms with Crippen LogP contribution in [-0.4, -0.2) is 31.4 Å². The Bertz CT molecular complexity index is 1410. The van der Waals surface area contributed by atoms with E-state index in [2.05, 4.69) is 41.5 Å². The molecule has 2 aromatic carbocycles. The summed E-state index contributed by atoms with van der Waals surface area (Å²) < 4.78 is 24.2. The van der Waals surface area contributed by atoms with E-state index >= 15 is 0 Å². The molecule has 0 spiro atoms. The van der Waals surface area contributed by atoms with Crippen molar-refractivity contribution < 1.29 is 33.3 Å². The summed E-state index contributed by atoms with van der Waals surface area (Å²) in [5, 5.41) is 0. The largest absolute Gasteiger partial charge is 0.496 e. The van der Waals surface area contributed by atoms with Crippen LogP contribution in [0.3, 0.4) is 0 Å². The number of ether oxygens (including phenoxy) is 4. The summed E-state index contributed by atoms with van der Waals surface area (Å²) in [6.45, 7) is 25.6. The van der Waals surface area contributed by atoms with Crippen molar-refractivity contribution in [2.75, 3.05) is 13.7 Å². The number of hydrogen-bond acceptors (Lipinski definition) is 7. The molecule has 0 saturated heterocycles. The number of hydrogen-bond donors (Lipinski definition) is 0. The van der Waals surface area contributed by atoms with Gasteiger partial charge >= 0.3 is 11.9 Å². The maximum atomic E-state index is 13.4. The molecule has 0 unspecified atom stereocenters. The number of esters is 2. The first-order valence-corrected chi connectivity index (χ1v) is 15.8. The van der Waals surface area contributed by atoms with Crippen LogP contribution in [0.5, 0.6) is 23.0 Å². The Labute approximate surface area is 270 Å². The topological polar surface area (TPSA) is 88.1 Å². The van der Waals surface area contributed by atoms with Gasteiger partial charge in [0.05, 0.1) is 30.1 Å². The van der Waals surface area contributed by atoms with Gasteiger partial charge < -0.3 is 18.9 Å². The molecule has 0 saturated carbocycles. The van der Waals surface area contributed by atoms with Gasteiger partial charge in [0.25, 0.3) is 0 Å². The van der Waals surface area contributed by atoms with Gasteiger partial charge in [-0.25, -0.2) is 0 Å². The van der Waals surface area contributed by atoms with Gasteiger partial charge in [0.2, 0.25) is 0 Å². The zero-order valence-electron chi connectivity index (χ0n) is 29.9. The molecule has 0 radical (unpaired) electrons. The highest BCUT2D eigenvalue weighted by atomic mass is 16.5. The molecule has 2 rings (SSSR count). The molecule has 248 valence electrons. The van der Waals surface area contributed by atoms with E-state index in [4.69, 9.17) is 18.9 Å². The minimum atomic E-state index is -0.744. The Morgan fingerprint density at radius 3 is 1.56 bits per heavy atom. The van der Waals surface area contributed by atoms with Crippen molar-refractivity contribution in [2.24, 2.45) is 10.8 Å². The molecule has 0 aliphatic rings. The van der Waals surface area contributed by atoms with Gasteiger partial charge in [0, 0.05) is 16.7 Å². The lowest BCUT2D eigenvalue weighted by molar-refractivity contribution is -0.143. The predicted octanol–water partition coefficient (Wildman–Crippen LogP) is 9.27. The average Bonchev–Trinajstić information content (AvgIpc) is 2.95. The zero-order valence-corrected chi connectivity index (χ0v) is 29.9. The molecule has 7 nitrogen and oxygen atoms in total. The minimum absolute atomic E-state index is 0.246. The fraction of sp³-hybridized carbons (Fsp3) is 0.553. The van der Waals surface area contributed by atoms with Crippen LogP contribution >= 0.6 is 0 Å². The van der Waals surface area contributed by atoms with E-state index in [1.165, 1.54) is 6.08 Å². The fourth-order valence-corrected chi connectivity index (χ4v) is 4.49. The molecule has 7 heteroatoms. The Balaban J connectivity index is 2.87. The first kappa shape index (κ1) is 37.6. The molecule has 45 heavy (non-hydrogen) atoms. The van der Waals surface area contributed by atoms with Gasteiger partial charge in [-0.3, -0.25) is 14.4 Å². The van der Waals surface area contributed by atoms with Crippen molar-refractivity contribution in [3.63, 3.8) is 0 Å². The van der Waals surface area contributed by atoms with Gasteiger partial charge in [-0.2, -0.15) is 0 Å². The molecule has 0 bridgehead atoms. The zero-order chi connectivity index (χ0) is 34.5. The van der Waals surface area contributed by atoms with Crippen molar-refractivity contribution in [3.05, 3.63) is 52.6 Å². The summed E-state index contributed by atoms with van der Waals surface area (Å²) in [6.07, 6.45) is 4.68. The highest BCUT2D eigenvalue weighted by Crippen LogP contribution is 2.54. The van der Waals surface area contributed by atoms with Crippen molar-refractivity contribution in [1.82, 2.24) is 0 Å². The lowest BCUT2D eigenvalue weighted by Crippen LogP contribution is -2.31. The summed E-state index contributed by atoms with van der Waals surface area (Å²) in [6, 6.07) is 6.48. The second-order valence-electron chi connectivity index (χ2n) is 14.8. The highest BCUT2D eigenvalue weighted by molar-refractivity contribution is 6.07. The minimum Gasteiger partial charge on any atom is -0.496 e. The number of allylic oxidation sites excluding steroid dienone is 1. The maximum absolute atomic E-state index is 13.4.